The van der Waals surface area contributed by atoms with Crippen LogP contribution in [0.2, 0.25) is 0 Å². The van der Waals surface area contributed by atoms with Gasteiger partial charge in [-0.15, -0.1) is 0 Å². The molecule has 0 amide bonds. The Kier molecular flexibility index (Phi) is 6.34. The SMILES string of the molecule is CCNC(=NCCCn1ccc2ccccc21)N(C)CC1CCOC1. The number of fused-ring (bicyclic) bond motifs is 1. The van der Waals surface area contributed by atoms with E-state index in [-0.39, 0.29) is 0 Å². The van der Waals surface area contributed by atoms with Crippen molar-refractivity contribution in [2.45, 2.75) is 26.3 Å². The number of nitrogens with one attached hydrogen (secondary N) is 1. The van der Waals surface area contributed by atoms with Gasteiger partial charge in [-0.2, -0.15) is 0 Å². The zero-order valence-corrected chi connectivity index (χ0v) is 15.4. The number of nitrogens with zero attached hydrogens (tertiary/aromatic N) is 3. The Hall–Kier alpha value is -2.01. The molecule has 0 aliphatic carbocycles. The smallest absolute Gasteiger partial charge is 0.193 e. The summed E-state index contributed by atoms with van der Waals surface area (Å²) in [5.41, 5.74) is 1.30. The van der Waals surface area contributed by atoms with Crippen LogP contribution in [0.1, 0.15) is 19.8 Å². The monoisotopic (exact) mass is 342 g/mol. The van der Waals surface area contributed by atoms with E-state index in [2.05, 4.69) is 65.3 Å². The number of rotatable bonds is 7. The predicted octanol–water partition coefficient (Wildman–Crippen LogP) is 2.97. The van der Waals surface area contributed by atoms with Gasteiger partial charge in [0.2, 0.25) is 0 Å². The third-order valence-corrected chi connectivity index (χ3v) is 4.75. The van der Waals surface area contributed by atoms with E-state index in [1.54, 1.807) is 0 Å². The normalized spacial score (nSPS) is 18.0. The van der Waals surface area contributed by atoms with Crippen molar-refractivity contribution < 1.29 is 4.74 Å². The van der Waals surface area contributed by atoms with E-state index >= 15 is 0 Å². The number of aromatic nitrogens is 1. The van der Waals surface area contributed by atoms with Crippen molar-refractivity contribution in [3.05, 3.63) is 36.5 Å². The van der Waals surface area contributed by atoms with Crippen LogP contribution in [-0.2, 0) is 11.3 Å². The molecule has 2 aromatic rings. The second kappa shape index (κ2) is 8.90. The summed E-state index contributed by atoms with van der Waals surface area (Å²) in [7, 11) is 2.12. The maximum Gasteiger partial charge on any atom is 0.193 e. The second-order valence-corrected chi connectivity index (χ2v) is 6.77. The number of para-hydroxylation sites is 1. The van der Waals surface area contributed by atoms with Crippen LogP contribution in [0.5, 0.6) is 0 Å². The Bertz CT molecular complexity index is 688. The van der Waals surface area contributed by atoms with Crippen molar-refractivity contribution in [3.8, 4) is 0 Å². The number of aryl methyl sites for hydroxylation is 1. The summed E-state index contributed by atoms with van der Waals surface area (Å²) < 4.78 is 7.80. The average Bonchev–Trinajstić information content (AvgIpc) is 3.27. The molecule has 1 fully saturated rings. The number of aliphatic imine (C=N–C) groups is 1. The molecule has 5 heteroatoms. The molecule has 3 rings (SSSR count). The van der Waals surface area contributed by atoms with Gasteiger partial charge in [0.25, 0.3) is 0 Å². The highest BCUT2D eigenvalue weighted by atomic mass is 16.5. The van der Waals surface area contributed by atoms with E-state index in [1.165, 1.54) is 10.9 Å². The molecule has 0 saturated carbocycles. The molecule has 0 radical (unpaired) electrons. The molecular weight excluding hydrogens is 312 g/mol. The van der Waals surface area contributed by atoms with Crippen LogP contribution < -0.4 is 5.32 Å². The highest BCUT2D eigenvalue weighted by Crippen LogP contribution is 2.15. The maximum absolute atomic E-state index is 5.48. The molecule has 1 aromatic carbocycles. The third-order valence-electron chi connectivity index (χ3n) is 4.75. The molecule has 1 saturated heterocycles. The average molecular weight is 342 g/mol. The summed E-state index contributed by atoms with van der Waals surface area (Å²) in [6.07, 6.45) is 4.37. The van der Waals surface area contributed by atoms with E-state index in [9.17, 15) is 0 Å². The van der Waals surface area contributed by atoms with Gasteiger partial charge in [-0.3, -0.25) is 4.99 Å². The summed E-state index contributed by atoms with van der Waals surface area (Å²) in [5.74, 6) is 1.63. The van der Waals surface area contributed by atoms with E-state index in [0.29, 0.717) is 5.92 Å². The lowest BCUT2D eigenvalue weighted by atomic mass is 10.1. The van der Waals surface area contributed by atoms with Gasteiger partial charge in [0, 0.05) is 57.5 Å². The Labute approximate surface area is 150 Å². The van der Waals surface area contributed by atoms with Gasteiger partial charge in [-0.05, 0) is 37.3 Å². The van der Waals surface area contributed by atoms with Gasteiger partial charge >= 0.3 is 0 Å². The minimum absolute atomic E-state index is 0.625. The number of hydrogen-bond acceptors (Lipinski definition) is 2. The van der Waals surface area contributed by atoms with Crippen molar-refractivity contribution >= 4 is 16.9 Å². The minimum Gasteiger partial charge on any atom is -0.381 e. The Balaban J connectivity index is 1.52. The molecule has 1 N–H and O–H groups in total. The first-order valence-corrected chi connectivity index (χ1v) is 9.39. The summed E-state index contributed by atoms with van der Waals surface area (Å²) >= 11 is 0. The zero-order valence-electron chi connectivity index (χ0n) is 15.4. The van der Waals surface area contributed by atoms with E-state index in [1.807, 2.05) is 0 Å². The van der Waals surface area contributed by atoms with Crippen LogP contribution in [0.25, 0.3) is 10.9 Å². The zero-order chi connectivity index (χ0) is 17.5. The fraction of sp³-hybridized carbons (Fsp3) is 0.550. The van der Waals surface area contributed by atoms with Crippen molar-refractivity contribution in [1.82, 2.24) is 14.8 Å². The highest BCUT2D eigenvalue weighted by Gasteiger charge is 2.18. The van der Waals surface area contributed by atoms with Gasteiger partial charge in [0.1, 0.15) is 0 Å². The lowest BCUT2D eigenvalue weighted by Gasteiger charge is -2.24. The van der Waals surface area contributed by atoms with Crippen molar-refractivity contribution in [3.63, 3.8) is 0 Å². The number of guanidine groups is 1. The maximum atomic E-state index is 5.48. The number of benzene rings is 1. The molecule has 1 atom stereocenters. The quantitative estimate of drug-likeness (QED) is 0.478. The van der Waals surface area contributed by atoms with E-state index in [0.717, 1.165) is 58.2 Å². The minimum atomic E-state index is 0.625. The molecule has 2 heterocycles. The van der Waals surface area contributed by atoms with E-state index < -0.39 is 0 Å². The predicted molar refractivity (Wildman–Crippen MR) is 104 cm³/mol. The molecular formula is C20H30N4O. The van der Waals surface area contributed by atoms with Gasteiger partial charge in [0.05, 0.1) is 6.61 Å². The standard InChI is InChI=1S/C20H30N4O/c1-3-21-20(23(2)15-17-10-14-25-16-17)22-11-6-12-24-13-9-18-7-4-5-8-19(18)24/h4-5,7-9,13,17H,3,6,10-12,14-16H2,1-2H3,(H,21,22). The molecule has 0 bridgehead atoms. The second-order valence-electron chi connectivity index (χ2n) is 6.77. The van der Waals surface area contributed by atoms with Crippen LogP contribution in [-0.4, -0.2) is 55.3 Å². The first-order chi connectivity index (χ1) is 12.3. The Morgan fingerprint density at radius 3 is 3.04 bits per heavy atom. The molecule has 0 spiro atoms. The lowest BCUT2D eigenvalue weighted by molar-refractivity contribution is 0.181. The number of hydrogen-bond donors (Lipinski definition) is 1. The van der Waals surface area contributed by atoms with E-state index in [4.69, 9.17) is 9.73 Å². The summed E-state index contributed by atoms with van der Waals surface area (Å²) in [6.45, 7) is 7.63. The van der Waals surface area contributed by atoms with Crippen LogP contribution in [0.15, 0.2) is 41.5 Å². The molecule has 136 valence electrons. The van der Waals surface area contributed by atoms with Gasteiger partial charge < -0.3 is 19.5 Å². The molecule has 1 aliphatic rings. The fourth-order valence-electron chi connectivity index (χ4n) is 3.43. The topological polar surface area (TPSA) is 41.8 Å². The van der Waals surface area contributed by atoms with Crippen LogP contribution in [0, 0.1) is 5.92 Å². The van der Waals surface area contributed by atoms with Crippen LogP contribution in [0.4, 0.5) is 0 Å². The fourth-order valence-corrected chi connectivity index (χ4v) is 3.43. The molecule has 1 aromatic heterocycles. The van der Waals surface area contributed by atoms with Gasteiger partial charge in [0.15, 0.2) is 5.96 Å². The summed E-state index contributed by atoms with van der Waals surface area (Å²) in [6, 6.07) is 10.7. The largest absolute Gasteiger partial charge is 0.381 e. The van der Waals surface area contributed by atoms with Crippen molar-refractivity contribution in [1.29, 1.82) is 0 Å². The molecule has 1 unspecified atom stereocenters. The lowest BCUT2D eigenvalue weighted by Crippen LogP contribution is -2.41. The van der Waals surface area contributed by atoms with Crippen LogP contribution >= 0.6 is 0 Å². The summed E-state index contributed by atoms with van der Waals surface area (Å²) in [5, 5.41) is 4.71. The summed E-state index contributed by atoms with van der Waals surface area (Å²) in [4.78, 5) is 7.06. The third kappa shape index (κ3) is 4.75. The molecule has 5 nitrogen and oxygen atoms in total. The molecule has 25 heavy (non-hydrogen) atoms. The van der Waals surface area contributed by atoms with Gasteiger partial charge in [-0.25, -0.2) is 0 Å². The Morgan fingerprint density at radius 2 is 2.24 bits per heavy atom. The van der Waals surface area contributed by atoms with Crippen molar-refractivity contribution in [2.24, 2.45) is 10.9 Å². The first-order valence-electron chi connectivity index (χ1n) is 9.39. The van der Waals surface area contributed by atoms with Gasteiger partial charge in [-0.1, -0.05) is 18.2 Å². The Morgan fingerprint density at radius 1 is 1.36 bits per heavy atom. The highest BCUT2D eigenvalue weighted by molar-refractivity contribution is 5.80. The molecule has 1 aliphatic heterocycles. The number of ether oxygens (including phenoxy) is 1. The van der Waals surface area contributed by atoms with Crippen molar-refractivity contribution in [2.75, 3.05) is 39.9 Å². The first kappa shape index (κ1) is 17.8. The van der Waals surface area contributed by atoms with Crippen LogP contribution in [0.3, 0.4) is 0 Å².